The monoisotopic (exact) mass is 325 g/mol. The molecule has 0 bridgehead atoms. The predicted octanol–water partition coefficient (Wildman–Crippen LogP) is 1.32. The van der Waals surface area contributed by atoms with Gasteiger partial charge in [-0.2, -0.15) is 0 Å². The molecule has 1 fully saturated rings. The molecule has 0 aromatic carbocycles. The van der Waals surface area contributed by atoms with Crippen LogP contribution in [0.5, 0.6) is 0 Å². The zero-order chi connectivity index (χ0) is 15.0. The molecule has 1 aromatic rings. The van der Waals surface area contributed by atoms with Crippen LogP contribution in [0.1, 0.15) is 17.7 Å². The molecule has 1 unspecified atom stereocenters. The first kappa shape index (κ1) is 14.8. The van der Waals surface area contributed by atoms with Crippen LogP contribution in [0, 0.1) is 11.8 Å². The van der Waals surface area contributed by atoms with Crippen molar-refractivity contribution in [3.05, 3.63) is 33.5 Å². The molecule has 2 amide bonds. The van der Waals surface area contributed by atoms with Crippen LogP contribution in [-0.2, 0) is 16.1 Å². The number of fused-ring (bicyclic) bond motifs is 1. The van der Waals surface area contributed by atoms with Crippen molar-refractivity contribution in [3.8, 4) is 0 Å². The van der Waals surface area contributed by atoms with Crippen LogP contribution in [-0.4, -0.2) is 30.4 Å². The first-order valence-electron chi connectivity index (χ1n) is 7.12. The van der Waals surface area contributed by atoms with E-state index in [4.69, 9.17) is 11.6 Å². The summed E-state index contributed by atoms with van der Waals surface area (Å²) in [5.41, 5.74) is 0. The summed E-state index contributed by atoms with van der Waals surface area (Å²) >= 11 is 7.47. The summed E-state index contributed by atoms with van der Waals surface area (Å²) in [5.74, 6) is -0.270. The number of quaternary nitrogens is 1. The van der Waals surface area contributed by atoms with E-state index in [2.05, 4.69) is 0 Å². The van der Waals surface area contributed by atoms with Gasteiger partial charge in [0, 0.05) is 0 Å². The highest BCUT2D eigenvalue weighted by Crippen LogP contribution is 2.34. The summed E-state index contributed by atoms with van der Waals surface area (Å²) in [7, 11) is 1.99. The van der Waals surface area contributed by atoms with Crippen molar-refractivity contribution in [3.63, 3.8) is 0 Å². The van der Waals surface area contributed by atoms with Gasteiger partial charge in [-0.1, -0.05) is 23.8 Å². The molecule has 21 heavy (non-hydrogen) atoms. The molecule has 4 nitrogen and oxygen atoms in total. The van der Waals surface area contributed by atoms with Crippen molar-refractivity contribution in [2.45, 2.75) is 19.4 Å². The van der Waals surface area contributed by atoms with Gasteiger partial charge in [-0.3, -0.25) is 9.59 Å². The summed E-state index contributed by atoms with van der Waals surface area (Å²) in [4.78, 5) is 28.5. The van der Waals surface area contributed by atoms with Gasteiger partial charge in [0.1, 0.15) is 6.54 Å². The molecule has 1 aliphatic carbocycles. The SMILES string of the molecule is C[NH+](Cc1ccc(Cl)s1)CN1C(=O)[C@H]2CC=CC[C@H]2C1=O. The molecule has 0 radical (unpaired) electrons. The van der Waals surface area contributed by atoms with Crippen molar-refractivity contribution < 1.29 is 14.5 Å². The standard InChI is InChI=1S/C15H17ClN2O2S/c1-17(8-10-6-7-13(16)21-10)9-18-14(19)11-4-2-3-5-12(11)15(18)20/h2-3,6-7,11-12H,4-5,8-9H2,1H3/p+1/t11-,12+. The van der Waals surface area contributed by atoms with Gasteiger partial charge >= 0.3 is 0 Å². The summed E-state index contributed by atoms with van der Waals surface area (Å²) in [6, 6.07) is 3.87. The molecular formula is C15H18ClN2O2S+. The van der Waals surface area contributed by atoms with Crippen molar-refractivity contribution in [2.24, 2.45) is 11.8 Å². The minimum absolute atomic E-state index is 0.00193. The summed E-state index contributed by atoms with van der Waals surface area (Å²) in [6.07, 6.45) is 5.43. The van der Waals surface area contributed by atoms with Gasteiger partial charge in [-0.25, -0.2) is 4.90 Å². The molecule has 2 aliphatic rings. The smallest absolute Gasteiger partial charge is 0.237 e. The molecule has 2 heterocycles. The van der Waals surface area contributed by atoms with Crippen LogP contribution >= 0.6 is 22.9 Å². The van der Waals surface area contributed by atoms with Gasteiger partial charge in [0.25, 0.3) is 0 Å². The number of nitrogens with zero attached hydrogens (tertiary/aromatic N) is 1. The van der Waals surface area contributed by atoms with E-state index >= 15 is 0 Å². The Morgan fingerprint density at radius 1 is 1.24 bits per heavy atom. The molecule has 1 aliphatic heterocycles. The second-order valence-electron chi connectivity index (χ2n) is 5.76. The maximum Gasteiger partial charge on any atom is 0.237 e. The molecule has 1 aromatic heterocycles. The number of amides is 2. The number of carbonyl (C=O) groups excluding carboxylic acids is 2. The van der Waals surface area contributed by atoms with E-state index in [1.165, 1.54) is 4.90 Å². The highest BCUT2D eigenvalue weighted by Gasteiger charge is 2.48. The Morgan fingerprint density at radius 3 is 2.38 bits per heavy atom. The number of hydrogen-bond acceptors (Lipinski definition) is 3. The normalized spacial score (nSPS) is 26.3. The molecule has 3 atom stereocenters. The van der Waals surface area contributed by atoms with Crippen LogP contribution < -0.4 is 4.90 Å². The number of likely N-dealkylation sites (tertiary alicyclic amines) is 1. The Balaban J connectivity index is 1.64. The topological polar surface area (TPSA) is 41.8 Å². The quantitative estimate of drug-likeness (QED) is 0.670. The highest BCUT2D eigenvalue weighted by molar-refractivity contribution is 7.16. The Morgan fingerprint density at radius 2 is 1.86 bits per heavy atom. The second kappa shape index (κ2) is 5.91. The largest absolute Gasteiger partial charge is 0.315 e. The number of allylic oxidation sites excluding steroid dienone is 2. The van der Waals surface area contributed by atoms with Gasteiger partial charge in [0.2, 0.25) is 11.8 Å². The van der Waals surface area contributed by atoms with Crippen LogP contribution in [0.15, 0.2) is 24.3 Å². The van der Waals surface area contributed by atoms with E-state index in [1.54, 1.807) is 11.3 Å². The first-order valence-corrected chi connectivity index (χ1v) is 8.31. The Hall–Kier alpha value is -1.17. The Bertz CT molecular complexity index is 572. The van der Waals surface area contributed by atoms with E-state index in [0.717, 1.165) is 20.7 Å². The van der Waals surface area contributed by atoms with Crippen LogP contribution in [0.2, 0.25) is 4.34 Å². The van der Waals surface area contributed by atoms with Crippen LogP contribution in [0.3, 0.4) is 0 Å². The maximum absolute atomic E-state index is 12.4. The van der Waals surface area contributed by atoms with Gasteiger partial charge < -0.3 is 4.90 Å². The highest BCUT2D eigenvalue weighted by atomic mass is 35.5. The van der Waals surface area contributed by atoms with E-state index in [1.807, 2.05) is 31.3 Å². The Kier molecular flexibility index (Phi) is 4.15. The molecule has 1 N–H and O–H groups in total. The lowest BCUT2D eigenvalue weighted by molar-refractivity contribution is -0.900. The summed E-state index contributed by atoms with van der Waals surface area (Å²) < 4.78 is 0.767. The van der Waals surface area contributed by atoms with E-state index in [-0.39, 0.29) is 23.7 Å². The molecule has 6 heteroatoms. The molecule has 112 valence electrons. The van der Waals surface area contributed by atoms with Crippen LogP contribution in [0.4, 0.5) is 0 Å². The van der Waals surface area contributed by atoms with Gasteiger partial charge in [-0.05, 0) is 25.0 Å². The van der Waals surface area contributed by atoms with E-state index in [9.17, 15) is 9.59 Å². The number of hydrogen-bond donors (Lipinski definition) is 1. The lowest BCUT2D eigenvalue weighted by atomic mass is 9.85. The van der Waals surface area contributed by atoms with Crippen LogP contribution in [0.25, 0.3) is 0 Å². The third kappa shape index (κ3) is 2.91. The third-order valence-corrected chi connectivity index (χ3v) is 5.36. The average molecular weight is 326 g/mol. The molecule has 1 saturated heterocycles. The minimum Gasteiger partial charge on any atom is -0.315 e. The summed E-state index contributed by atoms with van der Waals surface area (Å²) in [6.45, 7) is 1.20. The Labute approximate surface area is 133 Å². The van der Waals surface area contributed by atoms with Crippen molar-refractivity contribution in [1.82, 2.24) is 4.90 Å². The van der Waals surface area contributed by atoms with Crippen molar-refractivity contribution in [2.75, 3.05) is 13.7 Å². The minimum atomic E-state index is -0.133. The second-order valence-corrected chi connectivity index (χ2v) is 7.56. The van der Waals surface area contributed by atoms with E-state index in [0.29, 0.717) is 19.5 Å². The third-order valence-electron chi connectivity index (χ3n) is 4.13. The number of nitrogens with one attached hydrogen (secondary N) is 1. The first-order chi connectivity index (χ1) is 10.1. The van der Waals surface area contributed by atoms with Crippen molar-refractivity contribution in [1.29, 1.82) is 0 Å². The predicted molar refractivity (Wildman–Crippen MR) is 82.0 cm³/mol. The number of carbonyl (C=O) groups is 2. The number of thiophene rings is 1. The maximum atomic E-state index is 12.4. The number of imide groups is 1. The van der Waals surface area contributed by atoms with Gasteiger partial charge in [0.15, 0.2) is 6.67 Å². The van der Waals surface area contributed by atoms with Gasteiger partial charge in [0.05, 0.1) is 28.1 Å². The molecule has 3 rings (SSSR count). The van der Waals surface area contributed by atoms with Gasteiger partial charge in [-0.15, -0.1) is 11.3 Å². The zero-order valence-electron chi connectivity index (χ0n) is 11.8. The molecule has 0 spiro atoms. The van der Waals surface area contributed by atoms with Crippen molar-refractivity contribution >= 4 is 34.8 Å². The average Bonchev–Trinajstić information content (AvgIpc) is 2.97. The number of rotatable bonds is 4. The lowest BCUT2D eigenvalue weighted by Gasteiger charge is -2.20. The molecule has 0 saturated carbocycles. The fraction of sp³-hybridized carbons (Fsp3) is 0.467. The zero-order valence-corrected chi connectivity index (χ0v) is 13.4. The summed E-state index contributed by atoms with van der Waals surface area (Å²) in [5, 5.41) is 0. The fourth-order valence-corrected chi connectivity index (χ4v) is 4.30. The van der Waals surface area contributed by atoms with E-state index < -0.39 is 0 Å². The number of halogens is 1. The molecular weight excluding hydrogens is 308 g/mol. The fourth-order valence-electron chi connectivity index (χ4n) is 3.09. The lowest BCUT2D eigenvalue weighted by Crippen LogP contribution is -3.09.